The van der Waals surface area contributed by atoms with E-state index in [1.165, 1.54) is 10.4 Å². The van der Waals surface area contributed by atoms with E-state index < -0.39 is 8.32 Å². The van der Waals surface area contributed by atoms with Crippen LogP contribution in [-0.2, 0) is 4.43 Å². The molecule has 0 radical (unpaired) electrons. The first-order valence-electron chi connectivity index (χ1n) is 11.9. The molecule has 31 heavy (non-hydrogen) atoms. The van der Waals surface area contributed by atoms with Gasteiger partial charge in [0, 0.05) is 12.6 Å². The highest BCUT2D eigenvalue weighted by atomic mass is 28.4. The summed E-state index contributed by atoms with van der Waals surface area (Å²) in [5.74, 6) is 0.684. The first-order chi connectivity index (χ1) is 14.8. The number of nitrogens with one attached hydrogen (secondary N) is 1. The predicted molar refractivity (Wildman–Crippen MR) is 136 cm³/mol. The summed E-state index contributed by atoms with van der Waals surface area (Å²) in [6.07, 6.45) is 4.05. The summed E-state index contributed by atoms with van der Waals surface area (Å²) in [7, 11) is -2.51. The van der Waals surface area contributed by atoms with Crippen molar-refractivity contribution in [2.24, 2.45) is 5.92 Å². The molecule has 0 aromatic heterocycles. The van der Waals surface area contributed by atoms with Crippen molar-refractivity contribution in [2.45, 2.75) is 71.4 Å². The molecule has 2 rings (SSSR count). The van der Waals surface area contributed by atoms with Crippen LogP contribution in [0.3, 0.4) is 0 Å². The lowest BCUT2D eigenvalue weighted by atomic mass is 10.1. The van der Waals surface area contributed by atoms with Crippen LogP contribution in [0.2, 0.25) is 5.04 Å². The second kappa shape index (κ2) is 12.5. The molecular weight excluding hydrogens is 398 g/mol. The van der Waals surface area contributed by atoms with Crippen LogP contribution in [0.15, 0.2) is 60.7 Å². The van der Waals surface area contributed by atoms with Crippen LogP contribution in [-0.4, -0.2) is 39.2 Å². The molecule has 0 amide bonds. The Morgan fingerprint density at radius 1 is 0.871 bits per heavy atom. The third-order valence-electron chi connectivity index (χ3n) is 6.03. The summed E-state index contributed by atoms with van der Waals surface area (Å²) in [5.41, 5.74) is 0. The maximum Gasteiger partial charge on any atom is 0.261 e. The Bertz CT molecular complexity index is 688. The number of aliphatic hydroxyl groups excluding tert-OH is 1. The normalized spacial score (nSPS) is 13.5. The van der Waals surface area contributed by atoms with E-state index in [-0.39, 0.29) is 11.6 Å². The molecule has 0 aliphatic heterocycles. The zero-order valence-electron chi connectivity index (χ0n) is 20.2. The van der Waals surface area contributed by atoms with Gasteiger partial charge in [0.15, 0.2) is 0 Å². The van der Waals surface area contributed by atoms with Crippen molar-refractivity contribution in [1.82, 2.24) is 5.32 Å². The molecule has 0 saturated heterocycles. The van der Waals surface area contributed by atoms with Gasteiger partial charge in [0.25, 0.3) is 8.32 Å². The smallest absolute Gasteiger partial charge is 0.261 e. The van der Waals surface area contributed by atoms with E-state index in [1.54, 1.807) is 0 Å². The van der Waals surface area contributed by atoms with E-state index in [0.717, 1.165) is 32.2 Å². The molecule has 0 fully saturated rings. The van der Waals surface area contributed by atoms with Crippen molar-refractivity contribution in [3.8, 4) is 0 Å². The Morgan fingerprint density at radius 2 is 1.42 bits per heavy atom. The molecule has 0 saturated carbocycles. The summed E-state index contributed by atoms with van der Waals surface area (Å²) in [6.45, 7) is 13.5. The van der Waals surface area contributed by atoms with Crippen molar-refractivity contribution in [3.63, 3.8) is 0 Å². The minimum atomic E-state index is -2.51. The van der Waals surface area contributed by atoms with Gasteiger partial charge in [-0.25, -0.2) is 0 Å². The Morgan fingerprint density at radius 3 is 1.87 bits per heavy atom. The average molecular weight is 442 g/mol. The van der Waals surface area contributed by atoms with Gasteiger partial charge in [-0.2, -0.15) is 0 Å². The Labute approximate surface area is 191 Å². The summed E-state index contributed by atoms with van der Waals surface area (Å²) in [5, 5.41) is 15.6. The number of benzene rings is 2. The standard InChI is InChI=1S/C27H43NO2Si/c1-23(2)19-20-28-24(14-12-13-21-29)22-30-31(27(3,4)5,25-15-8-6-9-16-25)26-17-10-7-11-18-26/h6-11,15-18,23-24,28-29H,12-14,19-22H2,1-5H3. The highest BCUT2D eigenvalue weighted by molar-refractivity contribution is 6.99. The largest absolute Gasteiger partial charge is 0.406 e. The van der Waals surface area contributed by atoms with Crippen molar-refractivity contribution in [2.75, 3.05) is 19.8 Å². The van der Waals surface area contributed by atoms with E-state index in [0.29, 0.717) is 18.6 Å². The lowest BCUT2D eigenvalue weighted by molar-refractivity contribution is 0.231. The molecule has 172 valence electrons. The lowest BCUT2D eigenvalue weighted by Crippen LogP contribution is -2.67. The van der Waals surface area contributed by atoms with Gasteiger partial charge in [-0.05, 0) is 53.6 Å². The average Bonchev–Trinajstić information content (AvgIpc) is 2.74. The molecular formula is C27H43NO2Si. The van der Waals surface area contributed by atoms with Gasteiger partial charge in [0.1, 0.15) is 0 Å². The number of rotatable bonds is 13. The van der Waals surface area contributed by atoms with E-state index >= 15 is 0 Å². The van der Waals surface area contributed by atoms with Crippen LogP contribution >= 0.6 is 0 Å². The van der Waals surface area contributed by atoms with Crippen molar-refractivity contribution >= 4 is 18.7 Å². The van der Waals surface area contributed by atoms with Crippen LogP contribution in [0.4, 0.5) is 0 Å². The lowest BCUT2D eigenvalue weighted by Gasteiger charge is -2.43. The number of hydrogen-bond acceptors (Lipinski definition) is 3. The van der Waals surface area contributed by atoms with Gasteiger partial charge in [-0.1, -0.05) is 95.3 Å². The summed E-state index contributed by atoms with van der Waals surface area (Å²) in [4.78, 5) is 0. The molecule has 1 unspecified atom stereocenters. The Kier molecular flexibility index (Phi) is 10.4. The molecule has 0 bridgehead atoms. The quantitative estimate of drug-likeness (QED) is 0.349. The minimum Gasteiger partial charge on any atom is -0.406 e. The highest BCUT2D eigenvalue weighted by Gasteiger charge is 2.50. The summed E-state index contributed by atoms with van der Waals surface area (Å²) >= 11 is 0. The third kappa shape index (κ3) is 7.28. The molecule has 1 atom stereocenters. The van der Waals surface area contributed by atoms with E-state index in [4.69, 9.17) is 4.43 Å². The zero-order chi connectivity index (χ0) is 22.7. The van der Waals surface area contributed by atoms with Crippen LogP contribution in [0.5, 0.6) is 0 Å². The second-order valence-corrected chi connectivity index (χ2v) is 14.3. The maximum absolute atomic E-state index is 9.25. The molecule has 0 aliphatic rings. The SMILES string of the molecule is CC(C)CCNC(CCCCO)CO[Si](c1ccccc1)(c1ccccc1)C(C)(C)C. The summed E-state index contributed by atoms with van der Waals surface area (Å²) in [6, 6.07) is 22.0. The first-order valence-corrected chi connectivity index (χ1v) is 13.8. The molecule has 0 spiro atoms. The van der Waals surface area contributed by atoms with Crippen LogP contribution in [0.1, 0.15) is 60.3 Å². The van der Waals surface area contributed by atoms with Crippen molar-refractivity contribution < 1.29 is 9.53 Å². The van der Waals surface area contributed by atoms with E-state index in [1.807, 2.05) is 0 Å². The first kappa shape index (κ1) is 25.8. The highest BCUT2D eigenvalue weighted by Crippen LogP contribution is 2.36. The van der Waals surface area contributed by atoms with Crippen LogP contribution < -0.4 is 15.7 Å². The fourth-order valence-electron chi connectivity index (χ4n) is 4.31. The Balaban J connectivity index is 2.34. The fourth-order valence-corrected chi connectivity index (χ4v) is 8.92. The number of hydrogen-bond donors (Lipinski definition) is 2. The molecule has 2 aromatic rings. The van der Waals surface area contributed by atoms with Gasteiger partial charge in [0.05, 0.1) is 6.61 Å². The monoisotopic (exact) mass is 441 g/mol. The molecule has 0 aliphatic carbocycles. The fraction of sp³-hybridized carbons (Fsp3) is 0.556. The van der Waals surface area contributed by atoms with Gasteiger partial charge < -0.3 is 14.8 Å². The molecule has 3 nitrogen and oxygen atoms in total. The molecule has 0 heterocycles. The van der Waals surface area contributed by atoms with E-state index in [2.05, 4.69) is 101 Å². The van der Waals surface area contributed by atoms with Gasteiger partial charge in [-0.3, -0.25) is 0 Å². The molecule has 2 N–H and O–H groups in total. The topological polar surface area (TPSA) is 41.5 Å². The van der Waals surface area contributed by atoms with Crippen molar-refractivity contribution in [1.29, 1.82) is 0 Å². The van der Waals surface area contributed by atoms with E-state index in [9.17, 15) is 5.11 Å². The van der Waals surface area contributed by atoms with Crippen LogP contribution in [0.25, 0.3) is 0 Å². The summed E-state index contributed by atoms with van der Waals surface area (Å²) < 4.78 is 7.13. The van der Waals surface area contributed by atoms with Gasteiger partial charge in [-0.15, -0.1) is 0 Å². The minimum absolute atomic E-state index is 0.0106. The predicted octanol–water partition coefficient (Wildman–Crippen LogP) is 4.73. The number of unbranched alkanes of at least 4 members (excludes halogenated alkanes) is 1. The molecule has 2 aromatic carbocycles. The maximum atomic E-state index is 9.25. The Hall–Kier alpha value is -1.46. The second-order valence-electron chi connectivity index (χ2n) is 10.0. The van der Waals surface area contributed by atoms with Crippen LogP contribution in [0, 0.1) is 5.92 Å². The molecule has 4 heteroatoms. The van der Waals surface area contributed by atoms with Gasteiger partial charge >= 0.3 is 0 Å². The van der Waals surface area contributed by atoms with Crippen molar-refractivity contribution in [3.05, 3.63) is 60.7 Å². The van der Waals surface area contributed by atoms with Gasteiger partial charge in [0.2, 0.25) is 0 Å². The number of aliphatic hydroxyl groups is 1. The third-order valence-corrected chi connectivity index (χ3v) is 11.0. The zero-order valence-corrected chi connectivity index (χ0v) is 21.2.